The van der Waals surface area contributed by atoms with E-state index < -0.39 is 0 Å². The second kappa shape index (κ2) is 10.1. The van der Waals surface area contributed by atoms with Crippen LogP contribution in [0.15, 0.2) is 48.5 Å². The van der Waals surface area contributed by atoms with Crippen LogP contribution in [-0.2, 0) is 11.3 Å². The monoisotopic (exact) mass is 435 g/mol. The van der Waals surface area contributed by atoms with E-state index in [-0.39, 0.29) is 5.91 Å². The molecule has 31 heavy (non-hydrogen) atoms. The Morgan fingerprint density at radius 2 is 2.00 bits per heavy atom. The molecule has 162 valence electrons. The number of nitrogens with one attached hydrogen (secondary N) is 1. The number of nitrogens with zero attached hydrogens (tertiary/aromatic N) is 2. The standard InChI is InChI=1S/C25H29N3O2S/c1-3-30-21-8-4-19(5-9-21)7-11-24(29)27-25-26-22-10-6-20(16-23(22)31-25)17-28-14-12-18(2)13-15-28/h4-11,16,18H,3,12-15,17H2,1-2H3,(H,26,27,29)/b11-7+. The Hall–Kier alpha value is -2.70. The number of benzene rings is 2. The summed E-state index contributed by atoms with van der Waals surface area (Å²) in [6, 6.07) is 14.1. The van der Waals surface area contributed by atoms with Crippen LogP contribution in [0, 0.1) is 5.92 Å². The highest BCUT2D eigenvalue weighted by Crippen LogP contribution is 2.28. The van der Waals surface area contributed by atoms with Crippen LogP contribution in [0.25, 0.3) is 16.3 Å². The molecule has 3 aromatic rings. The van der Waals surface area contributed by atoms with Crippen molar-refractivity contribution in [3.8, 4) is 5.75 Å². The van der Waals surface area contributed by atoms with Crippen molar-refractivity contribution in [1.82, 2.24) is 9.88 Å². The van der Waals surface area contributed by atoms with Crippen molar-refractivity contribution in [1.29, 1.82) is 0 Å². The summed E-state index contributed by atoms with van der Waals surface area (Å²) in [6.45, 7) is 8.25. The maximum atomic E-state index is 12.3. The molecule has 1 fully saturated rings. The van der Waals surface area contributed by atoms with E-state index in [1.807, 2.05) is 31.2 Å². The number of likely N-dealkylation sites (tertiary alicyclic amines) is 1. The number of thiazole rings is 1. The highest BCUT2D eigenvalue weighted by Gasteiger charge is 2.16. The van der Waals surface area contributed by atoms with Crippen LogP contribution in [0.3, 0.4) is 0 Å². The lowest BCUT2D eigenvalue weighted by molar-refractivity contribution is -0.111. The molecule has 0 atom stereocenters. The van der Waals surface area contributed by atoms with Crippen LogP contribution in [0.1, 0.15) is 37.8 Å². The van der Waals surface area contributed by atoms with Crippen LogP contribution >= 0.6 is 11.3 Å². The second-order valence-corrected chi connectivity index (χ2v) is 9.14. The number of carbonyl (C=O) groups is 1. The zero-order valence-corrected chi connectivity index (χ0v) is 19.0. The van der Waals surface area contributed by atoms with Gasteiger partial charge in [0.2, 0.25) is 5.91 Å². The molecule has 2 aromatic carbocycles. The molecule has 0 spiro atoms. The van der Waals surface area contributed by atoms with Crippen LogP contribution < -0.4 is 10.1 Å². The van der Waals surface area contributed by atoms with Crippen molar-refractivity contribution in [2.24, 2.45) is 5.92 Å². The molecule has 1 aromatic heterocycles. The number of hydrogen-bond donors (Lipinski definition) is 1. The molecule has 6 heteroatoms. The van der Waals surface area contributed by atoms with Crippen molar-refractivity contribution in [2.75, 3.05) is 25.0 Å². The summed E-state index contributed by atoms with van der Waals surface area (Å²) in [5.74, 6) is 1.48. The smallest absolute Gasteiger partial charge is 0.250 e. The van der Waals surface area contributed by atoms with Crippen LogP contribution in [-0.4, -0.2) is 35.5 Å². The normalized spacial score (nSPS) is 15.5. The summed E-state index contributed by atoms with van der Waals surface area (Å²) in [6.07, 6.45) is 5.88. The molecule has 1 saturated heterocycles. The van der Waals surface area contributed by atoms with Crippen LogP contribution in [0.2, 0.25) is 0 Å². The average molecular weight is 436 g/mol. The van der Waals surface area contributed by atoms with Crippen LogP contribution in [0.4, 0.5) is 5.13 Å². The summed E-state index contributed by atoms with van der Waals surface area (Å²) in [5, 5.41) is 3.51. The molecule has 0 saturated carbocycles. The largest absolute Gasteiger partial charge is 0.494 e. The Labute approximate surface area is 187 Å². The summed E-state index contributed by atoms with van der Waals surface area (Å²) >= 11 is 1.52. The van der Waals surface area contributed by atoms with Gasteiger partial charge in [-0.05, 0) is 80.2 Å². The highest BCUT2D eigenvalue weighted by atomic mass is 32.1. The SMILES string of the molecule is CCOc1ccc(/C=C/C(=O)Nc2nc3ccc(CN4CCC(C)CC4)cc3s2)cc1. The number of fused-ring (bicyclic) bond motifs is 1. The number of ether oxygens (including phenoxy) is 1. The van der Waals surface area contributed by atoms with Crippen molar-refractivity contribution in [3.63, 3.8) is 0 Å². The van der Waals surface area contributed by atoms with Crippen molar-refractivity contribution < 1.29 is 9.53 Å². The van der Waals surface area contributed by atoms with Crippen molar-refractivity contribution >= 4 is 38.7 Å². The fourth-order valence-corrected chi connectivity index (χ4v) is 4.69. The molecule has 0 bridgehead atoms. The van der Waals surface area contributed by atoms with E-state index in [1.165, 1.54) is 48.9 Å². The Kier molecular flexibility index (Phi) is 6.99. The molecule has 2 heterocycles. The van der Waals surface area contributed by atoms with Gasteiger partial charge in [-0.1, -0.05) is 36.5 Å². The lowest BCUT2D eigenvalue weighted by Gasteiger charge is -2.30. The van der Waals surface area contributed by atoms with Crippen molar-refractivity contribution in [2.45, 2.75) is 33.2 Å². The van der Waals surface area contributed by atoms with E-state index in [2.05, 4.69) is 40.3 Å². The summed E-state index contributed by atoms with van der Waals surface area (Å²) in [5.41, 5.74) is 3.17. The molecule has 1 N–H and O–H groups in total. The van der Waals surface area contributed by atoms with Gasteiger partial charge in [0.1, 0.15) is 5.75 Å². The Balaban J connectivity index is 1.36. The van der Waals surface area contributed by atoms with Gasteiger partial charge >= 0.3 is 0 Å². The van der Waals surface area contributed by atoms with Crippen LogP contribution in [0.5, 0.6) is 5.75 Å². The predicted octanol–water partition coefficient (Wildman–Crippen LogP) is 5.58. The van der Waals surface area contributed by atoms with E-state index in [0.29, 0.717) is 11.7 Å². The van der Waals surface area contributed by atoms with Gasteiger partial charge in [0.15, 0.2) is 5.13 Å². The van der Waals surface area contributed by atoms with Gasteiger partial charge in [-0.2, -0.15) is 0 Å². The van der Waals surface area contributed by atoms with Gasteiger partial charge < -0.3 is 4.74 Å². The Morgan fingerprint density at radius 1 is 1.23 bits per heavy atom. The minimum Gasteiger partial charge on any atom is -0.494 e. The third kappa shape index (κ3) is 5.93. The van der Waals surface area contributed by atoms with Gasteiger partial charge in [0.25, 0.3) is 0 Å². The molecular formula is C25H29N3O2S. The maximum absolute atomic E-state index is 12.3. The first kappa shape index (κ1) is 21.5. The fraction of sp³-hybridized carbons (Fsp3) is 0.360. The van der Waals surface area contributed by atoms with Crippen molar-refractivity contribution in [3.05, 3.63) is 59.7 Å². The summed E-state index contributed by atoms with van der Waals surface area (Å²) in [7, 11) is 0. The molecular weight excluding hydrogens is 406 g/mol. The van der Waals surface area contributed by atoms with Gasteiger partial charge in [0.05, 0.1) is 16.8 Å². The second-order valence-electron chi connectivity index (χ2n) is 8.10. The molecule has 0 radical (unpaired) electrons. The molecule has 1 amide bonds. The summed E-state index contributed by atoms with van der Waals surface area (Å²) < 4.78 is 6.54. The Morgan fingerprint density at radius 3 is 2.74 bits per heavy atom. The number of anilines is 1. The number of rotatable bonds is 7. The Bertz CT molecular complexity index is 1050. The number of carbonyl (C=O) groups excluding carboxylic acids is 1. The number of hydrogen-bond acceptors (Lipinski definition) is 5. The van der Waals surface area contributed by atoms with E-state index >= 15 is 0 Å². The molecule has 0 aliphatic carbocycles. The van der Waals surface area contributed by atoms with E-state index in [1.54, 1.807) is 6.08 Å². The molecule has 5 nitrogen and oxygen atoms in total. The average Bonchev–Trinajstić information content (AvgIpc) is 3.16. The fourth-order valence-electron chi connectivity index (χ4n) is 3.76. The topological polar surface area (TPSA) is 54.5 Å². The number of aromatic nitrogens is 1. The number of piperidine rings is 1. The lowest BCUT2D eigenvalue weighted by Crippen LogP contribution is -2.32. The van der Waals surface area contributed by atoms with E-state index in [4.69, 9.17) is 4.74 Å². The number of amides is 1. The quantitative estimate of drug-likeness (QED) is 0.492. The third-order valence-corrected chi connectivity index (χ3v) is 6.52. The maximum Gasteiger partial charge on any atom is 0.250 e. The van der Waals surface area contributed by atoms with Gasteiger partial charge in [-0.15, -0.1) is 0 Å². The molecule has 0 unspecified atom stereocenters. The first-order valence-corrected chi connectivity index (χ1v) is 11.7. The van der Waals surface area contributed by atoms with Gasteiger partial charge in [-0.3, -0.25) is 15.0 Å². The van der Waals surface area contributed by atoms with E-state index in [9.17, 15) is 4.79 Å². The zero-order chi connectivity index (χ0) is 21.6. The molecule has 1 aliphatic rings. The molecule has 1 aliphatic heterocycles. The highest BCUT2D eigenvalue weighted by molar-refractivity contribution is 7.22. The first-order chi connectivity index (χ1) is 15.1. The minimum absolute atomic E-state index is 0.185. The minimum atomic E-state index is -0.185. The summed E-state index contributed by atoms with van der Waals surface area (Å²) in [4.78, 5) is 19.4. The predicted molar refractivity (Wildman–Crippen MR) is 129 cm³/mol. The zero-order valence-electron chi connectivity index (χ0n) is 18.1. The third-order valence-electron chi connectivity index (χ3n) is 5.58. The van der Waals surface area contributed by atoms with Gasteiger partial charge in [0, 0.05) is 12.6 Å². The van der Waals surface area contributed by atoms with E-state index in [0.717, 1.165) is 34.0 Å². The first-order valence-electron chi connectivity index (χ1n) is 10.9. The lowest BCUT2D eigenvalue weighted by atomic mass is 9.99. The molecule has 4 rings (SSSR count). The van der Waals surface area contributed by atoms with Gasteiger partial charge in [-0.25, -0.2) is 4.98 Å².